The minimum Gasteiger partial charge on any atom is -0.465 e. The summed E-state index contributed by atoms with van der Waals surface area (Å²) < 4.78 is 10.6. The van der Waals surface area contributed by atoms with E-state index >= 15 is 0 Å². The Kier molecular flexibility index (Phi) is 8.18. The van der Waals surface area contributed by atoms with Gasteiger partial charge in [-0.1, -0.05) is 60.7 Å². The van der Waals surface area contributed by atoms with Gasteiger partial charge in [0.25, 0.3) is 0 Å². The molecule has 0 radical (unpaired) electrons. The number of ether oxygens (including phenoxy) is 2. The number of amides is 1. The molecule has 2 aromatic rings. The van der Waals surface area contributed by atoms with Crippen molar-refractivity contribution in [3.8, 4) is 0 Å². The lowest BCUT2D eigenvalue weighted by atomic mass is 10.0. The highest BCUT2D eigenvalue weighted by Crippen LogP contribution is 2.16. The van der Waals surface area contributed by atoms with Gasteiger partial charge in [-0.25, -0.2) is 0 Å². The van der Waals surface area contributed by atoms with E-state index < -0.39 is 18.1 Å². The van der Waals surface area contributed by atoms with Crippen LogP contribution in [0.4, 0.5) is 0 Å². The van der Waals surface area contributed by atoms with E-state index in [0.717, 1.165) is 11.1 Å². The second-order valence-electron chi connectivity index (χ2n) is 7.50. The minimum atomic E-state index is -0.622. The van der Waals surface area contributed by atoms with Crippen LogP contribution in [0.3, 0.4) is 0 Å². The fourth-order valence-electron chi connectivity index (χ4n) is 3.61. The van der Waals surface area contributed by atoms with E-state index in [2.05, 4.69) is 10.6 Å². The van der Waals surface area contributed by atoms with Crippen molar-refractivity contribution in [1.82, 2.24) is 10.6 Å². The van der Waals surface area contributed by atoms with Crippen molar-refractivity contribution in [2.45, 2.75) is 50.9 Å². The maximum absolute atomic E-state index is 12.5. The third kappa shape index (κ3) is 6.93. The molecule has 1 saturated heterocycles. The Hall–Kier alpha value is -3.19. The molecule has 1 heterocycles. The first kappa shape index (κ1) is 22.5. The van der Waals surface area contributed by atoms with Crippen LogP contribution < -0.4 is 10.6 Å². The molecule has 1 amide bonds. The number of benzene rings is 2. The molecule has 2 aromatic carbocycles. The summed E-state index contributed by atoms with van der Waals surface area (Å²) in [5.74, 6) is -0.949. The van der Waals surface area contributed by atoms with Gasteiger partial charge in [0, 0.05) is 12.5 Å². The largest absolute Gasteiger partial charge is 0.465 e. The molecule has 7 nitrogen and oxygen atoms in total. The molecular weight excluding hydrogens is 396 g/mol. The van der Waals surface area contributed by atoms with Crippen molar-refractivity contribution in [3.63, 3.8) is 0 Å². The first-order valence-corrected chi connectivity index (χ1v) is 10.5. The zero-order chi connectivity index (χ0) is 22.1. The quantitative estimate of drug-likeness (QED) is 0.568. The smallest absolute Gasteiger partial charge is 0.323 e. The van der Waals surface area contributed by atoms with Gasteiger partial charge >= 0.3 is 11.9 Å². The first-order chi connectivity index (χ1) is 15.0. The van der Waals surface area contributed by atoms with Crippen LogP contribution in [0.1, 0.15) is 30.9 Å². The van der Waals surface area contributed by atoms with Crippen LogP contribution in [0.15, 0.2) is 60.7 Å². The van der Waals surface area contributed by atoms with E-state index in [-0.39, 0.29) is 44.0 Å². The zero-order valence-electron chi connectivity index (χ0n) is 17.6. The topological polar surface area (TPSA) is 93.7 Å². The van der Waals surface area contributed by atoms with Crippen molar-refractivity contribution < 1.29 is 23.9 Å². The summed E-state index contributed by atoms with van der Waals surface area (Å²) in [5.41, 5.74) is 1.87. The third-order valence-electron chi connectivity index (χ3n) is 5.14. The van der Waals surface area contributed by atoms with Gasteiger partial charge in [0.2, 0.25) is 5.91 Å². The standard InChI is InChI=1S/C24H28N2O5/c1-2-30-24(29)21(13-17-9-5-3-6-10-17)25-19-14-22(27)26-20(19)15-23(28)31-16-18-11-7-4-8-12-18/h3-12,19-21,25H,2,13-16H2,1H3,(H,26,27)/t19-,20-,21?/m0/s1. The van der Waals surface area contributed by atoms with Crippen molar-refractivity contribution in [3.05, 3.63) is 71.8 Å². The van der Waals surface area contributed by atoms with Gasteiger partial charge in [0.1, 0.15) is 12.6 Å². The highest BCUT2D eigenvalue weighted by Gasteiger charge is 2.37. The fourth-order valence-corrected chi connectivity index (χ4v) is 3.61. The Morgan fingerprint density at radius 3 is 2.32 bits per heavy atom. The van der Waals surface area contributed by atoms with Gasteiger partial charge in [-0.3, -0.25) is 19.7 Å². The van der Waals surface area contributed by atoms with Crippen molar-refractivity contribution in [2.75, 3.05) is 6.61 Å². The number of nitrogens with one attached hydrogen (secondary N) is 2. The highest BCUT2D eigenvalue weighted by molar-refractivity contribution is 5.82. The average Bonchev–Trinajstić information content (AvgIpc) is 3.12. The molecular formula is C24H28N2O5. The van der Waals surface area contributed by atoms with Gasteiger partial charge in [-0.2, -0.15) is 0 Å². The Balaban J connectivity index is 1.61. The minimum absolute atomic E-state index is 0.0249. The van der Waals surface area contributed by atoms with E-state index in [0.29, 0.717) is 6.42 Å². The maximum atomic E-state index is 12.5. The normalized spacial score (nSPS) is 18.8. The molecule has 0 aromatic heterocycles. The lowest BCUT2D eigenvalue weighted by molar-refractivity contribution is -0.146. The molecule has 0 aliphatic carbocycles. The molecule has 0 saturated carbocycles. The van der Waals surface area contributed by atoms with Crippen molar-refractivity contribution >= 4 is 17.8 Å². The molecule has 7 heteroatoms. The van der Waals surface area contributed by atoms with Crippen molar-refractivity contribution in [2.24, 2.45) is 0 Å². The molecule has 1 unspecified atom stereocenters. The Morgan fingerprint density at radius 1 is 1.03 bits per heavy atom. The van der Waals surface area contributed by atoms with Gasteiger partial charge in [-0.05, 0) is 24.5 Å². The van der Waals surface area contributed by atoms with Crippen LogP contribution in [0.25, 0.3) is 0 Å². The molecule has 2 N–H and O–H groups in total. The Labute approximate surface area is 182 Å². The Morgan fingerprint density at radius 2 is 1.68 bits per heavy atom. The van der Waals surface area contributed by atoms with Gasteiger partial charge in [0.15, 0.2) is 0 Å². The number of hydrogen-bond acceptors (Lipinski definition) is 6. The fraction of sp³-hybridized carbons (Fsp3) is 0.375. The molecule has 1 fully saturated rings. The monoisotopic (exact) mass is 424 g/mol. The second kappa shape index (κ2) is 11.3. The van der Waals surface area contributed by atoms with Crippen LogP contribution in [0, 0.1) is 0 Å². The predicted molar refractivity (Wildman–Crippen MR) is 115 cm³/mol. The summed E-state index contributed by atoms with van der Waals surface area (Å²) >= 11 is 0. The summed E-state index contributed by atoms with van der Waals surface area (Å²) in [6, 6.07) is 17.5. The summed E-state index contributed by atoms with van der Waals surface area (Å²) in [7, 11) is 0. The van der Waals surface area contributed by atoms with E-state index in [1.807, 2.05) is 60.7 Å². The van der Waals surface area contributed by atoms with Crippen LogP contribution in [-0.2, 0) is 36.9 Å². The number of esters is 2. The molecule has 0 bridgehead atoms. The lowest BCUT2D eigenvalue weighted by Crippen LogP contribution is -2.50. The number of hydrogen-bond donors (Lipinski definition) is 2. The summed E-state index contributed by atoms with van der Waals surface area (Å²) in [6.45, 7) is 2.20. The number of carbonyl (C=O) groups excluding carboxylic acids is 3. The summed E-state index contributed by atoms with van der Waals surface area (Å²) in [4.78, 5) is 36.9. The summed E-state index contributed by atoms with van der Waals surface area (Å²) in [5, 5.41) is 6.06. The van der Waals surface area contributed by atoms with Crippen LogP contribution in [0.2, 0.25) is 0 Å². The molecule has 31 heavy (non-hydrogen) atoms. The van der Waals surface area contributed by atoms with E-state index in [1.165, 1.54) is 0 Å². The van der Waals surface area contributed by atoms with E-state index in [1.54, 1.807) is 6.92 Å². The van der Waals surface area contributed by atoms with Gasteiger partial charge in [-0.15, -0.1) is 0 Å². The van der Waals surface area contributed by atoms with E-state index in [4.69, 9.17) is 9.47 Å². The van der Waals surface area contributed by atoms with Crippen LogP contribution in [-0.4, -0.2) is 42.6 Å². The Bertz CT molecular complexity index is 872. The number of carbonyl (C=O) groups is 3. The van der Waals surface area contributed by atoms with Crippen LogP contribution >= 0.6 is 0 Å². The van der Waals surface area contributed by atoms with Crippen LogP contribution in [0.5, 0.6) is 0 Å². The number of rotatable bonds is 10. The highest BCUT2D eigenvalue weighted by atomic mass is 16.5. The average molecular weight is 424 g/mol. The molecule has 3 atom stereocenters. The van der Waals surface area contributed by atoms with E-state index in [9.17, 15) is 14.4 Å². The van der Waals surface area contributed by atoms with Gasteiger partial charge in [0.05, 0.1) is 19.1 Å². The second-order valence-corrected chi connectivity index (χ2v) is 7.50. The summed E-state index contributed by atoms with van der Waals surface area (Å²) in [6.07, 6.45) is 0.633. The third-order valence-corrected chi connectivity index (χ3v) is 5.14. The first-order valence-electron chi connectivity index (χ1n) is 10.5. The van der Waals surface area contributed by atoms with Crippen molar-refractivity contribution in [1.29, 1.82) is 0 Å². The lowest BCUT2D eigenvalue weighted by Gasteiger charge is -2.25. The van der Waals surface area contributed by atoms with Gasteiger partial charge < -0.3 is 14.8 Å². The molecule has 1 aliphatic rings. The molecule has 3 rings (SSSR count). The zero-order valence-corrected chi connectivity index (χ0v) is 17.6. The SMILES string of the molecule is CCOC(=O)C(Cc1ccccc1)N[C@H]1CC(=O)N[C@H]1CC(=O)OCc1ccccc1. The maximum Gasteiger partial charge on any atom is 0.323 e. The molecule has 0 spiro atoms. The molecule has 1 aliphatic heterocycles. The molecule has 164 valence electrons. The predicted octanol–water partition coefficient (Wildman–Crippen LogP) is 2.14.